The van der Waals surface area contributed by atoms with Crippen molar-refractivity contribution in [2.75, 3.05) is 0 Å². The van der Waals surface area contributed by atoms with Gasteiger partial charge in [-0.25, -0.2) is 0 Å². The smallest absolute Gasteiger partial charge is 0.136 e. The molecule has 3 aliphatic carbocycles. The summed E-state index contributed by atoms with van der Waals surface area (Å²) in [6.45, 7) is 4.00. The lowest BCUT2D eigenvalue weighted by molar-refractivity contribution is 0.632. The van der Waals surface area contributed by atoms with E-state index < -0.39 is 10.8 Å². The Balaban J connectivity index is 0.00000145. The van der Waals surface area contributed by atoms with Gasteiger partial charge in [-0.1, -0.05) is 153 Å². The van der Waals surface area contributed by atoms with Crippen LogP contribution in [0.4, 0.5) is 0 Å². The van der Waals surface area contributed by atoms with E-state index in [4.69, 9.17) is 16.0 Å². The Morgan fingerprint density at radius 2 is 0.875 bits per heavy atom. The summed E-state index contributed by atoms with van der Waals surface area (Å²) in [6, 6.07) is 55.8. The molecule has 0 bridgehead atoms. The first kappa shape index (κ1) is 27.7. The fourth-order valence-electron chi connectivity index (χ4n) is 9.50. The van der Waals surface area contributed by atoms with E-state index in [1.807, 2.05) is 26.0 Å². The Bertz CT molecular complexity index is 2530. The maximum atomic E-state index is 7.21. The van der Waals surface area contributed by atoms with Gasteiger partial charge in [0.1, 0.15) is 11.2 Å². The molecule has 1 nitrogen and oxygen atoms in total. The van der Waals surface area contributed by atoms with Crippen LogP contribution in [0.15, 0.2) is 156 Å². The summed E-state index contributed by atoms with van der Waals surface area (Å²) in [5, 5.41) is 3.02. The molecule has 1 aromatic heterocycles. The summed E-state index contributed by atoms with van der Waals surface area (Å²) in [5.74, 6) is 0. The highest BCUT2D eigenvalue weighted by Crippen LogP contribution is 2.68. The van der Waals surface area contributed by atoms with E-state index in [9.17, 15) is 0 Å². The Labute approximate surface area is 285 Å². The number of para-hydroxylation sites is 1. The van der Waals surface area contributed by atoms with Crippen LogP contribution >= 0.6 is 11.6 Å². The Morgan fingerprint density at radius 1 is 0.396 bits per heavy atom. The summed E-state index contributed by atoms with van der Waals surface area (Å²) < 4.78 is 6.46. The molecule has 0 saturated heterocycles. The average molecular weight is 635 g/mol. The predicted octanol–water partition coefficient (Wildman–Crippen LogP) is 12.3. The molecule has 11 rings (SSSR count). The molecule has 0 unspecified atom stereocenters. The molecule has 0 atom stereocenters. The summed E-state index contributed by atoms with van der Waals surface area (Å²) in [4.78, 5) is 0. The van der Waals surface area contributed by atoms with Crippen LogP contribution in [0.1, 0.15) is 58.4 Å². The van der Waals surface area contributed by atoms with E-state index in [1.54, 1.807) is 0 Å². The fraction of sp³-hybridized carbons (Fsp3) is 0.0870. The van der Waals surface area contributed by atoms with E-state index in [1.165, 1.54) is 55.6 Å². The van der Waals surface area contributed by atoms with Crippen molar-refractivity contribution in [1.29, 1.82) is 0 Å². The maximum Gasteiger partial charge on any atom is 0.136 e. The molecule has 48 heavy (non-hydrogen) atoms. The molecule has 0 aliphatic heterocycles. The van der Waals surface area contributed by atoms with Crippen molar-refractivity contribution in [2.45, 2.75) is 24.7 Å². The van der Waals surface area contributed by atoms with Crippen molar-refractivity contribution in [3.05, 3.63) is 201 Å². The standard InChI is InChI=1S/C44H25ClO.C2H6/c45-39-22-11-21-37-42(39)30-25-41-29(28-14-3-10-23-40(28)46-41)24-38(30)44(37)35-19-8-6-17-33(35)43(34-18-7-9-20-36(34)44)31-15-4-1-12-26(31)27-13-2-5-16-32(27)43;1-2/h1-25H;1-2H3. The molecule has 2 spiro atoms. The molecular weight excluding hydrogens is 604 g/mol. The molecule has 1 heterocycles. The van der Waals surface area contributed by atoms with Gasteiger partial charge in [-0.05, 0) is 85.5 Å². The average Bonchev–Trinajstić information content (AvgIpc) is 3.76. The molecule has 0 fully saturated rings. The molecule has 7 aromatic carbocycles. The zero-order valence-electron chi connectivity index (χ0n) is 26.7. The summed E-state index contributed by atoms with van der Waals surface area (Å²) in [7, 11) is 0. The number of hydrogen-bond donors (Lipinski definition) is 0. The largest absolute Gasteiger partial charge is 0.456 e. The van der Waals surface area contributed by atoms with Crippen LogP contribution < -0.4 is 0 Å². The van der Waals surface area contributed by atoms with E-state index >= 15 is 0 Å². The third-order valence-electron chi connectivity index (χ3n) is 11.0. The molecule has 0 saturated carbocycles. The van der Waals surface area contributed by atoms with Crippen molar-refractivity contribution >= 4 is 33.5 Å². The van der Waals surface area contributed by atoms with Crippen LogP contribution in [0.3, 0.4) is 0 Å². The van der Waals surface area contributed by atoms with Crippen molar-refractivity contribution < 1.29 is 4.42 Å². The Morgan fingerprint density at radius 3 is 1.48 bits per heavy atom. The first-order valence-corrected chi connectivity index (χ1v) is 17.3. The Hall–Kier alpha value is -5.37. The van der Waals surface area contributed by atoms with Gasteiger partial charge in [0.25, 0.3) is 0 Å². The van der Waals surface area contributed by atoms with Crippen LogP contribution in [-0.4, -0.2) is 0 Å². The Kier molecular flexibility index (Phi) is 5.67. The van der Waals surface area contributed by atoms with Gasteiger partial charge in [0, 0.05) is 21.4 Å². The van der Waals surface area contributed by atoms with Crippen LogP contribution in [0.5, 0.6) is 0 Å². The summed E-state index contributed by atoms with van der Waals surface area (Å²) in [5.41, 5.74) is 16.0. The van der Waals surface area contributed by atoms with Gasteiger partial charge < -0.3 is 4.42 Å². The first-order chi connectivity index (χ1) is 23.7. The van der Waals surface area contributed by atoms with Crippen molar-refractivity contribution in [3.8, 4) is 22.3 Å². The lowest BCUT2D eigenvalue weighted by Crippen LogP contribution is -2.43. The molecule has 0 N–H and O–H groups in total. The molecule has 0 radical (unpaired) electrons. The van der Waals surface area contributed by atoms with E-state index in [-0.39, 0.29) is 0 Å². The second kappa shape index (κ2) is 9.83. The SMILES string of the molecule is CC.Clc1cccc2c1-c1cc3oc4ccccc4c3cc1C21c2ccccc2C2(c3ccccc3-c3ccccc32)c2ccccc21. The van der Waals surface area contributed by atoms with Gasteiger partial charge in [-0.3, -0.25) is 0 Å². The number of furan rings is 1. The quantitative estimate of drug-likeness (QED) is 0.162. The fourth-order valence-corrected chi connectivity index (χ4v) is 9.78. The van der Waals surface area contributed by atoms with Gasteiger partial charge in [0.05, 0.1) is 10.8 Å². The zero-order valence-corrected chi connectivity index (χ0v) is 27.5. The van der Waals surface area contributed by atoms with Gasteiger partial charge in [-0.15, -0.1) is 0 Å². The molecule has 228 valence electrons. The lowest BCUT2D eigenvalue weighted by Gasteiger charge is -2.48. The molecule has 0 amide bonds. The minimum atomic E-state index is -0.576. The maximum absolute atomic E-state index is 7.21. The summed E-state index contributed by atoms with van der Waals surface area (Å²) in [6.07, 6.45) is 0. The van der Waals surface area contributed by atoms with Crippen molar-refractivity contribution in [1.82, 2.24) is 0 Å². The van der Waals surface area contributed by atoms with Gasteiger partial charge >= 0.3 is 0 Å². The number of benzene rings is 7. The van der Waals surface area contributed by atoms with Crippen LogP contribution in [0, 0.1) is 0 Å². The van der Waals surface area contributed by atoms with E-state index in [2.05, 4.69) is 140 Å². The first-order valence-electron chi connectivity index (χ1n) is 16.9. The monoisotopic (exact) mass is 634 g/mol. The second-order valence-corrected chi connectivity index (χ2v) is 13.2. The predicted molar refractivity (Wildman–Crippen MR) is 198 cm³/mol. The third-order valence-corrected chi connectivity index (χ3v) is 11.3. The lowest BCUT2D eigenvalue weighted by atomic mass is 9.52. The van der Waals surface area contributed by atoms with Gasteiger partial charge in [0.15, 0.2) is 0 Å². The zero-order chi connectivity index (χ0) is 32.2. The van der Waals surface area contributed by atoms with Crippen LogP contribution in [-0.2, 0) is 10.8 Å². The van der Waals surface area contributed by atoms with Crippen LogP contribution in [0.2, 0.25) is 5.02 Å². The highest BCUT2D eigenvalue weighted by atomic mass is 35.5. The number of hydrogen-bond acceptors (Lipinski definition) is 1. The summed E-state index contributed by atoms with van der Waals surface area (Å²) >= 11 is 7.21. The minimum absolute atomic E-state index is 0.459. The van der Waals surface area contributed by atoms with E-state index in [0.717, 1.165) is 38.1 Å². The van der Waals surface area contributed by atoms with Gasteiger partial charge in [-0.2, -0.15) is 0 Å². The topological polar surface area (TPSA) is 13.1 Å². The number of halogens is 1. The van der Waals surface area contributed by atoms with Crippen molar-refractivity contribution in [3.63, 3.8) is 0 Å². The highest BCUT2D eigenvalue weighted by molar-refractivity contribution is 6.34. The van der Waals surface area contributed by atoms with Gasteiger partial charge in [0.2, 0.25) is 0 Å². The molecular formula is C46H31ClO. The van der Waals surface area contributed by atoms with Crippen molar-refractivity contribution in [2.24, 2.45) is 0 Å². The number of fused-ring (bicyclic) bond motifs is 19. The highest BCUT2D eigenvalue weighted by Gasteiger charge is 2.59. The van der Waals surface area contributed by atoms with Crippen LogP contribution in [0.25, 0.3) is 44.2 Å². The normalized spacial score (nSPS) is 14.9. The number of rotatable bonds is 0. The molecule has 8 aromatic rings. The second-order valence-electron chi connectivity index (χ2n) is 12.8. The molecule has 3 aliphatic rings. The molecule has 2 heteroatoms. The third kappa shape index (κ3) is 3.09. The van der Waals surface area contributed by atoms with E-state index in [0.29, 0.717) is 0 Å². The minimum Gasteiger partial charge on any atom is -0.456 e.